The van der Waals surface area contributed by atoms with Gasteiger partial charge in [0.2, 0.25) is 5.91 Å². The maximum absolute atomic E-state index is 12.1. The molecule has 0 fully saturated rings. The SMILES string of the molecule is C=CC(=O)N(Cc1ccc2cnn(C)c2c1)CC(C)(C)C. The Morgan fingerprint density at radius 3 is 2.76 bits per heavy atom. The Balaban J connectivity index is 2.27. The third kappa shape index (κ3) is 3.72. The first kappa shape index (κ1) is 15.3. The van der Waals surface area contributed by atoms with Gasteiger partial charge in [0.05, 0.1) is 11.7 Å². The lowest BCUT2D eigenvalue weighted by Crippen LogP contribution is -2.36. The molecule has 0 atom stereocenters. The number of hydrogen-bond acceptors (Lipinski definition) is 2. The molecule has 1 aromatic heterocycles. The molecule has 4 nitrogen and oxygen atoms in total. The van der Waals surface area contributed by atoms with Crippen molar-refractivity contribution < 1.29 is 4.79 Å². The minimum absolute atomic E-state index is 0.0324. The number of benzene rings is 1. The van der Waals surface area contributed by atoms with Gasteiger partial charge in [-0.25, -0.2) is 0 Å². The van der Waals surface area contributed by atoms with Gasteiger partial charge in [-0.15, -0.1) is 0 Å². The van der Waals surface area contributed by atoms with Crippen molar-refractivity contribution in [3.05, 3.63) is 42.6 Å². The van der Waals surface area contributed by atoms with E-state index in [0.717, 1.165) is 16.5 Å². The van der Waals surface area contributed by atoms with Gasteiger partial charge in [0.25, 0.3) is 0 Å². The average molecular weight is 285 g/mol. The van der Waals surface area contributed by atoms with Crippen LogP contribution in [0.3, 0.4) is 0 Å². The van der Waals surface area contributed by atoms with Crippen LogP contribution in [0.4, 0.5) is 0 Å². The van der Waals surface area contributed by atoms with Crippen molar-refractivity contribution >= 4 is 16.8 Å². The monoisotopic (exact) mass is 285 g/mol. The molecule has 1 aromatic carbocycles. The smallest absolute Gasteiger partial charge is 0.246 e. The molecule has 0 aliphatic heterocycles. The highest BCUT2D eigenvalue weighted by Gasteiger charge is 2.19. The Labute approximate surface area is 126 Å². The summed E-state index contributed by atoms with van der Waals surface area (Å²) in [7, 11) is 1.92. The molecule has 0 N–H and O–H groups in total. The largest absolute Gasteiger partial charge is 0.334 e. The molecule has 4 heteroatoms. The van der Waals surface area contributed by atoms with E-state index in [1.54, 1.807) is 0 Å². The number of amides is 1. The molecule has 0 bridgehead atoms. The van der Waals surface area contributed by atoms with Crippen LogP contribution in [-0.2, 0) is 18.4 Å². The van der Waals surface area contributed by atoms with E-state index in [1.807, 2.05) is 28.9 Å². The molecular weight excluding hydrogens is 262 g/mol. The predicted octanol–water partition coefficient (Wildman–Crippen LogP) is 3.13. The molecule has 1 heterocycles. The lowest BCUT2D eigenvalue weighted by atomic mass is 9.95. The number of nitrogens with zero attached hydrogens (tertiary/aromatic N) is 3. The second-order valence-electron chi connectivity index (χ2n) is 6.62. The lowest BCUT2D eigenvalue weighted by Gasteiger charge is -2.29. The van der Waals surface area contributed by atoms with Crippen LogP contribution in [0.1, 0.15) is 26.3 Å². The van der Waals surface area contributed by atoms with Crippen LogP contribution in [0.25, 0.3) is 10.9 Å². The summed E-state index contributed by atoms with van der Waals surface area (Å²) < 4.78 is 1.85. The van der Waals surface area contributed by atoms with Crippen molar-refractivity contribution in [3.8, 4) is 0 Å². The van der Waals surface area contributed by atoms with E-state index in [-0.39, 0.29) is 11.3 Å². The van der Waals surface area contributed by atoms with Gasteiger partial charge >= 0.3 is 0 Å². The van der Waals surface area contributed by atoms with Crippen molar-refractivity contribution in [2.24, 2.45) is 12.5 Å². The van der Waals surface area contributed by atoms with Crippen LogP contribution in [0, 0.1) is 5.41 Å². The summed E-state index contributed by atoms with van der Waals surface area (Å²) in [5, 5.41) is 5.36. The van der Waals surface area contributed by atoms with E-state index < -0.39 is 0 Å². The molecule has 0 saturated heterocycles. The number of fused-ring (bicyclic) bond motifs is 1. The summed E-state index contributed by atoms with van der Waals surface area (Å²) in [6.07, 6.45) is 3.23. The third-order valence-electron chi connectivity index (χ3n) is 3.34. The second kappa shape index (κ2) is 5.72. The zero-order valence-corrected chi connectivity index (χ0v) is 13.3. The number of carbonyl (C=O) groups is 1. The third-order valence-corrected chi connectivity index (χ3v) is 3.34. The standard InChI is InChI=1S/C17H23N3O/c1-6-16(21)20(12-17(2,3)4)11-13-7-8-14-10-18-19(5)15(14)9-13/h6-10H,1,11-12H2,2-5H3. The summed E-state index contributed by atoms with van der Waals surface area (Å²) in [5.41, 5.74) is 2.23. The topological polar surface area (TPSA) is 38.1 Å². The van der Waals surface area contributed by atoms with Crippen LogP contribution in [-0.4, -0.2) is 27.1 Å². The Morgan fingerprint density at radius 1 is 1.43 bits per heavy atom. The van der Waals surface area contributed by atoms with Gasteiger partial charge in [-0.2, -0.15) is 5.10 Å². The van der Waals surface area contributed by atoms with E-state index in [2.05, 4.69) is 44.6 Å². The molecule has 21 heavy (non-hydrogen) atoms. The van der Waals surface area contributed by atoms with Crippen LogP contribution in [0.5, 0.6) is 0 Å². The van der Waals surface area contributed by atoms with Gasteiger partial charge in [0, 0.05) is 25.5 Å². The predicted molar refractivity (Wildman–Crippen MR) is 85.8 cm³/mol. The first-order valence-electron chi connectivity index (χ1n) is 7.12. The molecule has 0 radical (unpaired) electrons. The van der Waals surface area contributed by atoms with Crippen LogP contribution in [0.15, 0.2) is 37.1 Å². The molecule has 112 valence electrons. The first-order chi connectivity index (χ1) is 9.80. The Bertz CT molecular complexity index is 664. The van der Waals surface area contributed by atoms with Crippen LogP contribution >= 0.6 is 0 Å². The number of hydrogen-bond donors (Lipinski definition) is 0. The summed E-state index contributed by atoms with van der Waals surface area (Å²) in [4.78, 5) is 13.9. The Hall–Kier alpha value is -2.10. The average Bonchev–Trinajstić information content (AvgIpc) is 2.77. The quantitative estimate of drug-likeness (QED) is 0.809. The van der Waals surface area contributed by atoms with E-state index in [4.69, 9.17) is 0 Å². The molecule has 1 amide bonds. The second-order valence-corrected chi connectivity index (χ2v) is 6.62. The van der Waals surface area contributed by atoms with E-state index in [0.29, 0.717) is 13.1 Å². The number of carbonyl (C=O) groups excluding carboxylic acids is 1. The fourth-order valence-electron chi connectivity index (χ4n) is 2.42. The summed E-state index contributed by atoms with van der Waals surface area (Å²) in [6.45, 7) is 11.3. The lowest BCUT2D eigenvalue weighted by molar-refractivity contribution is -0.127. The van der Waals surface area contributed by atoms with Crippen LogP contribution in [0.2, 0.25) is 0 Å². The highest BCUT2D eigenvalue weighted by Crippen LogP contribution is 2.20. The minimum Gasteiger partial charge on any atom is -0.334 e. The molecule has 0 spiro atoms. The highest BCUT2D eigenvalue weighted by molar-refractivity contribution is 5.87. The molecule has 0 unspecified atom stereocenters. The van der Waals surface area contributed by atoms with E-state index in [1.165, 1.54) is 6.08 Å². The molecule has 2 rings (SSSR count). The fourth-order valence-corrected chi connectivity index (χ4v) is 2.42. The highest BCUT2D eigenvalue weighted by atomic mass is 16.2. The van der Waals surface area contributed by atoms with Crippen LogP contribution < -0.4 is 0 Å². The molecule has 0 saturated carbocycles. The van der Waals surface area contributed by atoms with Crippen molar-refractivity contribution in [2.75, 3.05) is 6.54 Å². The number of aromatic nitrogens is 2. The van der Waals surface area contributed by atoms with Crippen molar-refractivity contribution in [1.29, 1.82) is 0 Å². The van der Waals surface area contributed by atoms with Gasteiger partial charge in [0.1, 0.15) is 0 Å². The Kier molecular flexibility index (Phi) is 4.16. The normalized spacial score (nSPS) is 11.6. The van der Waals surface area contributed by atoms with Crippen molar-refractivity contribution in [2.45, 2.75) is 27.3 Å². The molecular formula is C17H23N3O. The number of rotatable bonds is 4. The van der Waals surface area contributed by atoms with Crippen molar-refractivity contribution in [1.82, 2.24) is 14.7 Å². The van der Waals surface area contributed by atoms with Gasteiger partial charge in [-0.3, -0.25) is 9.48 Å². The van der Waals surface area contributed by atoms with E-state index in [9.17, 15) is 4.79 Å². The summed E-state index contributed by atoms with van der Waals surface area (Å²) >= 11 is 0. The summed E-state index contributed by atoms with van der Waals surface area (Å²) in [6, 6.07) is 6.19. The maximum Gasteiger partial charge on any atom is 0.246 e. The molecule has 0 aliphatic rings. The van der Waals surface area contributed by atoms with E-state index >= 15 is 0 Å². The fraction of sp³-hybridized carbons (Fsp3) is 0.412. The zero-order chi connectivity index (χ0) is 15.6. The number of aryl methyl sites for hydroxylation is 1. The molecule has 0 aliphatic carbocycles. The first-order valence-corrected chi connectivity index (χ1v) is 7.12. The zero-order valence-electron chi connectivity index (χ0n) is 13.3. The summed E-state index contributed by atoms with van der Waals surface area (Å²) in [5.74, 6) is -0.0324. The van der Waals surface area contributed by atoms with Crippen molar-refractivity contribution in [3.63, 3.8) is 0 Å². The maximum atomic E-state index is 12.1. The van der Waals surface area contributed by atoms with Gasteiger partial charge in [-0.05, 0) is 23.1 Å². The van der Waals surface area contributed by atoms with Gasteiger partial charge in [0.15, 0.2) is 0 Å². The van der Waals surface area contributed by atoms with Gasteiger partial charge < -0.3 is 4.90 Å². The minimum atomic E-state index is -0.0324. The Morgan fingerprint density at radius 2 is 2.14 bits per heavy atom. The van der Waals surface area contributed by atoms with Gasteiger partial charge in [-0.1, -0.05) is 39.5 Å². The molecule has 2 aromatic rings.